The van der Waals surface area contributed by atoms with Crippen molar-refractivity contribution in [2.45, 2.75) is 39.4 Å². The van der Waals surface area contributed by atoms with E-state index in [2.05, 4.69) is 10.3 Å². The van der Waals surface area contributed by atoms with Crippen LogP contribution in [0.25, 0.3) is 0 Å². The van der Waals surface area contributed by atoms with E-state index in [1.54, 1.807) is 12.1 Å². The Morgan fingerprint density at radius 3 is 2.45 bits per heavy atom. The summed E-state index contributed by atoms with van der Waals surface area (Å²) in [4.78, 5) is 5.57. The molecular formula is C14H22F3N3. The van der Waals surface area contributed by atoms with Crippen molar-refractivity contribution < 1.29 is 13.2 Å². The Bertz CT molecular complexity index is 390. The van der Waals surface area contributed by atoms with Gasteiger partial charge in [-0.3, -0.25) is 4.98 Å². The first kappa shape index (κ1) is 16.8. The van der Waals surface area contributed by atoms with Gasteiger partial charge in [-0.05, 0) is 32.0 Å². The van der Waals surface area contributed by atoms with Gasteiger partial charge in [0.05, 0.1) is 17.6 Å². The van der Waals surface area contributed by atoms with E-state index in [4.69, 9.17) is 0 Å². The molecule has 0 amide bonds. The molecule has 1 atom stereocenters. The van der Waals surface area contributed by atoms with Gasteiger partial charge in [-0.25, -0.2) is 0 Å². The zero-order chi connectivity index (χ0) is 15.2. The zero-order valence-electron chi connectivity index (χ0n) is 12.2. The van der Waals surface area contributed by atoms with Gasteiger partial charge in [-0.1, -0.05) is 13.8 Å². The highest BCUT2D eigenvalue weighted by molar-refractivity contribution is 5.45. The van der Waals surface area contributed by atoms with E-state index in [0.29, 0.717) is 18.7 Å². The normalized spacial score (nSPS) is 13.3. The first-order valence-electron chi connectivity index (χ1n) is 6.88. The summed E-state index contributed by atoms with van der Waals surface area (Å²) >= 11 is 0. The van der Waals surface area contributed by atoms with Gasteiger partial charge in [0, 0.05) is 12.6 Å². The van der Waals surface area contributed by atoms with E-state index < -0.39 is 12.7 Å². The molecule has 114 valence electrons. The van der Waals surface area contributed by atoms with Crippen LogP contribution in [0, 0.1) is 0 Å². The molecule has 1 N–H and O–H groups in total. The number of nitrogens with one attached hydrogen (secondary N) is 1. The van der Waals surface area contributed by atoms with Crippen LogP contribution in [0.5, 0.6) is 0 Å². The molecule has 6 heteroatoms. The van der Waals surface area contributed by atoms with Crippen LogP contribution < -0.4 is 10.2 Å². The first-order chi connectivity index (χ1) is 9.37. The van der Waals surface area contributed by atoms with Gasteiger partial charge in [0.2, 0.25) is 0 Å². The zero-order valence-corrected chi connectivity index (χ0v) is 12.2. The number of halogens is 3. The molecule has 0 spiro atoms. The van der Waals surface area contributed by atoms with Crippen molar-refractivity contribution in [1.29, 1.82) is 0 Å². The van der Waals surface area contributed by atoms with Crippen molar-refractivity contribution in [2.75, 3.05) is 24.5 Å². The number of rotatable bonds is 7. The predicted octanol–water partition coefficient (Wildman–Crippen LogP) is 3.53. The summed E-state index contributed by atoms with van der Waals surface area (Å²) < 4.78 is 37.7. The third kappa shape index (κ3) is 5.36. The SMILES string of the molecule is CCCN(CC(F)(F)F)c1ccc(C(C)NCC)nc1. The van der Waals surface area contributed by atoms with Crippen molar-refractivity contribution >= 4 is 5.69 Å². The van der Waals surface area contributed by atoms with Gasteiger partial charge >= 0.3 is 6.18 Å². The molecule has 0 fully saturated rings. The summed E-state index contributed by atoms with van der Waals surface area (Å²) in [7, 11) is 0. The number of aromatic nitrogens is 1. The Labute approximate surface area is 118 Å². The molecule has 1 aromatic heterocycles. The second-order valence-corrected chi connectivity index (χ2v) is 4.76. The summed E-state index contributed by atoms with van der Waals surface area (Å²) in [5, 5.41) is 3.22. The molecule has 1 aromatic rings. The smallest absolute Gasteiger partial charge is 0.361 e. The minimum absolute atomic E-state index is 0.0938. The van der Waals surface area contributed by atoms with Crippen molar-refractivity contribution in [3.8, 4) is 0 Å². The minimum atomic E-state index is -4.20. The summed E-state index contributed by atoms with van der Waals surface area (Å²) in [6, 6.07) is 3.58. The summed E-state index contributed by atoms with van der Waals surface area (Å²) in [5.74, 6) is 0. The van der Waals surface area contributed by atoms with Gasteiger partial charge in [-0.15, -0.1) is 0 Å². The number of anilines is 1. The van der Waals surface area contributed by atoms with E-state index >= 15 is 0 Å². The molecule has 0 saturated heterocycles. The fraction of sp³-hybridized carbons (Fsp3) is 0.643. The Morgan fingerprint density at radius 1 is 1.30 bits per heavy atom. The number of alkyl halides is 3. The lowest BCUT2D eigenvalue weighted by Crippen LogP contribution is -2.35. The molecular weight excluding hydrogens is 267 g/mol. The number of hydrogen-bond donors (Lipinski definition) is 1. The Kier molecular flexibility index (Phi) is 6.26. The van der Waals surface area contributed by atoms with E-state index in [0.717, 1.165) is 12.2 Å². The topological polar surface area (TPSA) is 28.2 Å². The molecule has 0 saturated carbocycles. The summed E-state index contributed by atoms with van der Waals surface area (Å²) in [6.45, 7) is 6.08. The molecule has 20 heavy (non-hydrogen) atoms. The van der Waals surface area contributed by atoms with Gasteiger partial charge in [0.1, 0.15) is 6.54 Å². The van der Waals surface area contributed by atoms with Crippen LogP contribution in [0.3, 0.4) is 0 Å². The number of nitrogens with zero attached hydrogens (tertiary/aromatic N) is 2. The van der Waals surface area contributed by atoms with Crippen LogP contribution in [-0.2, 0) is 0 Å². The summed E-state index contributed by atoms with van der Waals surface area (Å²) in [5.41, 5.74) is 1.34. The molecule has 1 heterocycles. The van der Waals surface area contributed by atoms with Crippen molar-refractivity contribution in [2.24, 2.45) is 0 Å². The average Bonchev–Trinajstić information content (AvgIpc) is 2.37. The quantitative estimate of drug-likeness (QED) is 0.832. The monoisotopic (exact) mass is 289 g/mol. The van der Waals surface area contributed by atoms with E-state index in [1.807, 2.05) is 20.8 Å². The largest absolute Gasteiger partial charge is 0.405 e. The standard InChI is InChI=1S/C14H22F3N3/c1-4-8-20(10-14(15,16)17)12-6-7-13(19-9-12)11(3)18-5-2/h6-7,9,11,18H,4-5,8,10H2,1-3H3. The maximum Gasteiger partial charge on any atom is 0.405 e. The molecule has 1 unspecified atom stereocenters. The molecule has 3 nitrogen and oxygen atoms in total. The molecule has 0 aliphatic heterocycles. The van der Waals surface area contributed by atoms with Gasteiger partial charge in [-0.2, -0.15) is 13.2 Å². The average molecular weight is 289 g/mol. The second kappa shape index (κ2) is 7.47. The van der Waals surface area contributed by atoms with Crippen LogP contribution in [0.1, 0.15) is 38.9 Å². The maximum atomic E-state index is 12.6. The van der Waals surface area contributed by atoms with Crippen molar-refractivity contribution in [3.05, 3.63) is 24.0 Å². The number of hydrogen-bond acceptors (Lipinski definition) is 3. The lowest BCUT2D eigenvalue weighted by atomic mass is 10.2. The molecule has 0 bridgehead atoms. The maximum absolute atomic E-state index is 12.6. The highest BCUT2D eigenvalue weighted by atomic mass is 19.4. The Balaban J connectivity index is 2.82. The van der Waals surface area contributed by atoms with E-state index in [-0.39, 0.29) is 6.04 Å². The lowest BCUT2D eigenvalue weighted by Gasteiger charge is -2.25. The first-order valence-corrected chi connectivity index (χ1v) is 6.88. The molecule has 0 aliphatic carbocycles. The van der Waals surface area contributed by atoms with Crippen LogP contribution in [0.2, 0.25) is 0 Å². The predicted molar refractivity (Wildman–Crippen MR) is 74.9 cm³/mol. The Hall–Kier alpha value is -1.30. The van der Waals surface area contributed by atoms with Crippen LogP contribution in [0.4, 0.5) is 18.9 Å². The van der Waals surface area contributed by atoms with Crippen LogP contribution in [0.15, 0.2) is 18.3 Å². The highest BCUT2D eigenvalue weighted by Gasteiger charge is 2.30. The van der Waals surface area contributed by atoms with Crippen LogP contribution >= 0.6 is 0 Å². The summed E-state index contributed by atoms with van der Waals surface area (Å²) in [6.07, 6.45) is -2.03. The third-order valence-electron chi connectivity index (χ3n) is 2.95. The number of pyridine rings is 1. The van der Waals surface area contributed by atoms with Gasteiger partial charge in [0.15, 0.2) is 0 Å². The molecule has 0 aromatic carbocycles. The van der Waals surface area contributed by atoms with Crippen LogP contribution in [-0.4, -0.2) is 30.8 Å². The minimum Gasteiger partial charge on any atom is -0.361 e. The molecule has 0 aliphatic rings. The molecule has 0 radical (unpaired) electrons. The van der Waals surface area contributed by atoms with E-state index in [1.165, 1.54) is 11.1 Å². The van der Waals surface area contributed by atoms with Gasteiger partial charge in [0.25, 0.3) is 0 Å². The lowest BCUT2D eigenvalue weighted by molar-refractivity contribution is -0.119. The Morgan fingerprint density at radius 2 is 2.00 bits per heavy atom. The van der Waals surface area contributed by atoms with Gasteiger partial charge < -0.3 is 10.2 Å². The fourth-order valence-corrected chi connectivity index (χ4v) is 2.04. The third-order valence-corrected chi connectivity index (χ3v) is 2.95. The second-order valence-electron chi connectivity index (χ2n) is 4.76. The van der Waals surface area contributed by atoms with E-state index in [9.17, 15) is 13.2 Å². The highest BCUT2D eigenvalue weighted by Crippen LogP contribution is 2.22. The van der Waals surface area contributed by atoms with Crippen molar-refractivity contribution in [1.82, 2.24) is 10.3 Å². The van der Waals surface area contributed by atoms with Crippen molar-refractivity contribution in [3.63, 3.8) is 0 Å². The fourth-order valence-electron chi connectivity index (χ4n) is 2.04. The molecule has 1 rings (SSSR count).